The van der Waals surface area contributed by atoms with Gasteiger partial charge < -0.3 is 10.5 Å². The number of nitrogens with two attached hydrogens (primary N) is 1. The molecule has 0 aliphatic rings. The van der Waals surface area contributed by atoms with Gasteiger partial charge in [-0.15, -0.1) is 11.3 Å². The molecule has 0 saturated heterocycles. The average Bonchev–Trinajstić information content (AvgIpc) is 2.68. The molecule has 2 aromatic rings. The molecule has 0 amide bonds. The summed E-state index contributed by atoms with van der Waals surface area (Å²) in [5.41, 5.74) is 7.29. The van der Waals surface area contributed by atoms with Crippen LogP contribution in [0.5, 0.6) is 5.75 Å². The van der Waals surface area contributed by atoms with Gasteiger partial charge in [-0.1, -0.05) is 23.7 Å². The summed E-state index contributed by atoms with van der Waals surface area (Å²) < 4.78 is 6.59. The smallest absolute Gasteiger partial charge is 0.120 e. The van der Waals surface area contributed by atoms with Gasteiger partial charge in [-0.2, -0.15) is 0 Å². The van der Waals surface area contributed by atoms with E-state index < -0.39 is 0 Å². The summed E-state index contributed by atoms with van der Waals surface area (Å²) in [5, 5.41) is 0.699. The van der Waals surface area contributed by atoms with E-state index in [0.717, 1.165) is 20.0 Å². The van der Waals surface area contributed by atoms with Crippen molar-refractivity contribution in [3.63, 3.8) is 0 Å². The van der Waals surface area contributed by atoms with Gasteiger partial charge in [0.05, 0.1) is 21.0 Å². The lowest BCUT2D eigenvalue weighted by Gasteiger charge is -2.14. The van der Waals surface area contributed by atoms with E-state index in [4.69, 9.17) is 22.1 Å². The number of halogens is 2. The predicted molar refractivity (Wildman–Crippen MR) is 85.3 cm³/mol. The molecule has 1 aromatic carbocycles. The van der Waals surface area contributed by atoms with E-state index in [-0.39, 0.29) is 12.1 Å². The van der Waals surface area contributed by atoms with Crippen molar-refractivity contribution >= 4 is 38.9 Å². The fraction of sp³-hybridized carbons (Fsp3) is 0.286. The van der Waals surface area contributed by atoms with Crippen molar-refractivity contribution in [3.05, 3.63) is 49.6 Å². The number of thiophene rings is 1. The van der Waals surface area contributed by atoms with Gasteiger partial charge in [0, 0.05) is 4.88 Å². The number of ether oxygens (including phenoxy) is 1. The zero-order valence-electron chi connectivity index (χ0n) is 10.7. The molecule has 1 heterocycles. The Morgan fingerprint density at radius 2 is 2.05 bits per heavy atom. The van der Waals surface area contributed by atoms with Crippen molar-refractivity contribution in [2.24, 2.45) is 5.73 Å². The summed E-state index contributed by atoms with van der Waals surface area (Å²) in [4.78, 5) is 1.03. The van der Waals surface area contributed by atoms with Crippen LogP contribution < -0.4 is 10.5 Å². The van der Waals surface area contributed by atoms with Crippen LogP contribution in [0.3, 0.4) is 0 Å². The lowest BCUT2D eigenvalue weighted by molar-refractivity contribution is 0.242. The first kappa shape index (κ1) is 14.9. The Balaban J connectivity index is 2.25. The summed E-state index contributed by atoms with van der Waals surface area (Å²) >= 11 is 11.0. The van der Waals surface area contributed by atoms with Gasteiger partial charge in [0.15, 0.2) is 0 Å². The molecule has 1 atom stereocenters. The molecule has 0 fully saturated rings. The molecule has 2 N–H and O–H groups in total. The van der Waals surface area contributed by atoms with Gasteiger partial charge in [-0.25, -0.2) is 0 Å². The molecule has 5 heteroatoms. The summed E-state index contributed by atoms with van der Waals surface area (Å²) in [6.07, 6.45) is 0.150. The van der Waals surface area contributed by atoms with E-state index in [9.17, 15) is 0 Å². The molecule has 0 bridgehead atoms. The number of benzene rings is 1. The molecule has 2 nitrogen and oxygen atoms in total. The second kappa shape index (κ2) is 6.27. The third kappa shape index (κ3) is 3.72. The highest BCUT2D eigenvalue weighted by atomic mass is 79.9. The van der Waals surface area contributed by atoms with Crippen LogP contribution in [0.2, 0.25) is 5.02 Å². The summed E-state index contributed by atoms with van der Waals surface area (Å²) in [5.74, 6) is 0.838. The van der Waals surface area contributed by atoms with Crippen LogP contribution in [0.25, 0.3) is 0 Å². The Kier molecular flexibility index (Phi) is 4.90. The highest BCUT2D eigenvalue weighted by Crippen LogP contribution is 2.36. The Hall–Kier alpha value is -0.550. The lowest BCUT2D eigenvalue weighted by Crippen LogP contribution is -2.11. The first-order valence-corrected chi connectivity index (χ1v) is 7.93. The SMILES string of the molecule is CC(C)Oc1cccc(C(N)c2cc(Cl)c(Br)s2)c1. The Morgan fingerprint density at radius 3 is 2.63 bits per heavy atom. The number of hydrogen-bond acceptors (Lipinski definition) is 3. The Bertz CT molecular complexity index is 551. The van der Waals surface area contributed by atoms with E-state index >= 15 is 0 Å². The molecule has 0 aliphatic carbocycles. The number of hydrogen-bond donors (Lipinski definition) is 1. The van der Waals surface area contributed by atoms with Crippen LogP contribution in [-0.2, 0) is 0 Å². The first-order chi connectivity index (χ1) is 8.97. The molecule has 0 aliphatic heterocycles. The third-order valence-electron chi connectivity index (χ3n) is 2.56. The lowest BCUT2D eigenvalue weighted by atomic mass is 10.1. The van der Waals surface area contributed by atoms with Crippen molar-refractivity contribution < 1.29 is 4.74 Å². The Labute approximate surface area is 130 Å². The highest BCUT2D eigenvalue weighted by Gasteiger charge is 2.14. The molecule has 19 heavy (non-hydrogen) atoms. The van der Waals surface area contributed by atoms with Crippen LogP contribution in [0.1, 0.15) is 30.3 Å². The second-order valence-corrected chi connectivity index (χ2v) is 7.30. The predicted octanol–water partition coefficient (Wildman–Crippen LogP) is 5.00. The van der Waals surface area contributed by atoms with Gasteiger partial charge in [0.25, 0.3) is 0 Å². The molecule has 102 valence electrons. The summed E-state index contributed by atoms with van der Waals surface area (Å²) in [6, 6.07) is 9.58. The maximum atomic E-state index is 6.27. The molecule has 0 radical (unpaired) electrons. The monoisotopic (exact) mass is 359 g/mol. The van der Waals surface area contributed by atoms with Gasteiger partial charge in [0.2, 0.25) is 0 Å². The molecular weight excluding hydrogens is 346 g/mol. The topological polar surface area (TPSA) is 35.2 Å². The quantitative estimate of drug-likeness (QED) is 0.832. The highest BCUT2D eigenvalue weighted by molar-refractivity contribution is 9.11. The summed E-state index contributed by atoms with van der Waals surface area (Å²) in [6.45, 7) is 4.01. The second-order valence-electron chi connectivity index (χ2n) is 4.49. The molecule has 1 aromatic heterocycles. The van der Waals surface area contributed by atoms with Crippen LogP contribution >= 0.6 is 38.9 Å². The van der Waals surface area contributed by atoms with E-state index in [1.807, 2.05) is 44.2 Å². The fourth-order valence-electron chi connectivity index (χ4n) is 1.73. The maximum Gasteiger partial charge on any atom is 0.120 e. The van der Waals surface area contributed by atoms with E-state index in [2.05, 4.69) is 15.9 Å². The van der Waals surface area contributed by atoms with E-state index in [0.29, 0.717) is 5.02 Å². The molecule has 0 spiro atoms. The van der Waals surface area contributed by atoms with Gasteiger partial charge in [0.1, 0.15) is 5.75 Å². The van der Waals surface area contributed by atoms with Gasteiger partial charge in [-0.05, 0) is 53.5 Å². The third-order valence-corrected chi connectivity index (χ3v) is 5.12. The zero-order valence-corrected chi connectivity index (χ0v) is 13.8. The molecular formula is C14H15BrClNOS. The molecule has 1 unspecified atom stereocenters. The maximum absolute atomic E-state index is 6.27. The van der Waals surface area contributed by atoms with Gasteiger partial charge >= 0.3 is 0 Å². The summed E-state index contributed by atoms with van der Waals surface area (Å²) in [7, 11) is 0. The minimum absolute atomic E-state index is 0.150. The minimum atomic E-state index is -0.190. The van der Waals surface area contributed by atoms with Crippen LogP contribution in [0.4, 0.5) is 0 Å². The van der Waals surface area contributed by atoms with Crippen molar-refractivity contribution in [2.75, 3.05) is 0 Å². The van der Waals surface area contributed by atoms with Crippen molar-refractivity contribution in [1.82, 2.24) is 0 Å². The van der Waals surface area contributed by atoms with E-state index in [1.165, 1.54) is 0 Å². The first-order valence-electron chi connectivity index (χ1n) is 5.94. The van der Waals surface area contributed by atoms with Crippen LogP contribution in [0.15, 0.2) is 34.1 Å². The minimum Gasteiger partial charge on any atom is -0.491 e. The van der Waals surface area contributed by atoms with Gasteiger partial charge in [-0.3, -0.25) is 0 Å². The fourth-order valence-corrected chi connectivity index (χ4v) is 3.51. The number of rotatable bonds is 4. The van der Waals surface area contributed by atoms with Crippen LogP contribution in [-0.4, -0.2) is 6.10 Å². The standard InChI is InChI=1S/C14H15BrClNOS/c1-8(2)18-10-5-3-4-9(6-10)13(17)12-7-11(16)14(15)19-12/h3-8,13H,17H2,1-2H3. The van der Waals surface area contributed by atoms with E-state index in [1.54, 1.807) is 11.3 Å². The zero-order chi connectivity index (χ0) is 14.0. The average molecular weight is 361 g/mol. The van der Waals surface area contributed by atoms with Crippen molar-refractivity contribution in [3.8, 4) is 5.75 Å². The van der Waals surface area contributed by atoms with Crippen molar-refractivity contribution in [1.29, 1.82) is 0 Å². The van der Waals surface area contributed by atoms with Crippen LogP contribution in [0, 0.1) is 0 Å². The van der Waals surface area contributed by atoms with Crippen molar-refractivity contribution in [2.45, 2.75) is 26.0 Å². The normalized spacial score (nSPS) is 12.7. The Morgan fingerprint density at radius 1 is 1.32 bits per heavy atom. The molecule has 0 saturated carbocycles. The molecule has 2 rings (SSSR count). The largest absolute Gasteiger partial charge is 0.491 e.